The van der Waals surface area contributed by atoms with Gasteiger partial charge >= 0.3 is 0 Å². The van der Waals surface area contributed by atoms with Gasteiger partial charge in [0.05, 0.1) is 7.11 Å². The van der Waals surface area contributed by atoms with Gasteiger partial charge in [-0.05, 0) is 54.6 Å². The molecule has 0 aliphatic carbocycles. The zero-order valence-electron chi connectivity index (χ0n) is 17.9. The molecule has 0 fully saturated rings. The molecule has 4 aromatic rings. The molecular weight excluding hydrogens is 439 g/mol. The van der Waals surface area contributed by atoms with Gasteiger partial charge in [-0.1, -0.05) is 18.2 Å². The summed E-state index contributed by atoms with van der Waals surface area (Å²) in [5, 5.41) is 12.2. The number of benzene rings is 2. The van der Waals surface area contributed by atoms with Crippen molar-refractivity contribution in [3.05, 3.63) is 100 Å². The summed E-state index contributed by atoms with van der Waals surface area (Å²) in [5.74, 6) is -1.22. The highest BCUT2D eigenvalue weighted by Crippen LogP contribution is 2.26. The van der Waals surface area contributed by atoms with Crippen LogP contribution >= 0.6 is 0 Å². The van der Waals surface area contributed by atoms with Crippen molar-refractivity contribution >= 4 is 23.3 Å². The molecule has 0 aliphatic rings. The van der Waals surface area contributed by atoms with E-state index < -0.39 is 17.3 Å². The standard InChI is InChI=1S/C25H17FN4O4/c1-33-18-11-9-17(10-12-18)28-23(31)16(15-27)14-19-24(34-21-7-3-2-6-20(21)26)29-22-8-4-5-13-30(22)25(19)32/h2-14H,1H3,(H,28,31)/b16-14+. The van der Waals surface area contributed by atoms with Gasteiger partial charge in [-0.25, -0.2) is 4.39 Å². The summed E-state index contributed by atoms with van der Waals surface area (Å²) in [7, 11) is 1.52. The fraction of sp³-hybridized carbons (Fsp3) is 0.0400. The van der Waals surface area contributed by atoms with Crippen LogP contribution in [-0.4, -0.2) is 22.4 Å². The van der Waals surface area contributed by atoms with Gasteiger partial charge in [0.15, 0.2) is 11.6 Å². The van der Waals surface area contributed by atoms with E-state index >= 15 is 0 Å². The third-order valence-electron chi connectivity index (χ3n) is 4.78. The van der Waals surface area contributed by atoms with Crippen LogP contribution in [0.1, 0.15) is 5.56 Å². The van der Waals surface area contributed by atoms with Crippen molar-refractivity contribution in [3.8, 4) is 23.4 Å². The summed E-state index contributed by atoms with van der Waals surface area (Å²) in [6.45, 7) is 0. The molecule has 0 unspecified atom stereocenters. The fourth-order valence-electron chi connectivity index (χ4n) is 3.08. The van der Waals surface area contributed by atoms with Crippen LogP contribution in [0.15, 0.2) is 83.3 Å². The molecule has 9 heteroatoms. The van der Waals surface area contributed by atoms with E-state index in [0.717, 1.165) is 6.08 Å². The molecule has 168 valence electrons. The van der Waals surface area contributed by atoms with Crippen LogP contribution in [0.2, 0.25) is 0 Å². The number of halogens is 1. The topological polar surface area (TPSA) is 106 Å². The zero-order chi connectivity index (χ0) is 24.1. The third kappa shape index (κ3) is 4.61. The number of carbonyl (C=O) groups is 1. The summed E-state index contributed by atoms with van der Waals surface area (Å²) < 4.78 is 26.1. The van der Waals surface area contributed by atoms with E-state index in [4.69, 9.17) is 9.47 Å². The number of rotatable bonds is 6. The number of anilines is 1. The van der Waals surface area contributed by atoms with Crippen molar-refractivity contribution in [1.82, 2.24) is 9.38 Å². The first-order chi connectivity index (χ1) is 16.5. The number of aromatic nitrogens is 2. The van der Waals surface area contributed by atoms with Gasteiger partial charge in [0.1, 0.15) is 28.6 Å². The SMILES string of the molecule is COc1ccc(NC(=O)/C(C#N)=C/c2c(Oc3ccccc3F)nc3ccccn3c2=O)cc1. The third-order valence-corrected chi connectivity index (χ3v) is 4.78. The Morgan fingerprint density at radius 1 is 1.12 bits per heavy atom. The molecule has 1 amide bonds. The van der Waals surface area contributed by atoms with Crippen LogP contribution in [0.25, 0.3) is 11.7 Å². The molecule has 0 bridgehead atoms. The van der Waals surface area contributed by atoms with Crippen molar-refractivity contribution in [3.63, 3.8) is 0 Å². The van der Waals surface area contributed by atoms with Crippen LogP contribution in [0.3, 0.4) is 0 Å². The minimum atomic E-state index is -0.748. The molecule has 0 aliphatic heterocycles. The lowest BCUT2D eigenvalue weighted by molar-refractivity contribution is -0.112. The smallest absolute Gasteiger partial charge is 0.269 e. The molecule has 4 rings (SSSR count). The zero-order valence-corrected chi connectivity index (χ0v) is 17.9. The number of amides is 1. The number of hydrogen-bond acceptors (Lipinski definition) is 6. The highest BCUT2D eigenvalue weighted by Gasteiger charge is 2.18. The average Bonchev–Trinajstić information content (AvgIpc) is 2.86. The van der Waals surface area contributed by atoms with Crippen LogP contribution in [0.4, 0.5) is 10.1 Å². The number of hydrogen-bond donors (Lipinski definition) is 1. The Balaban J connectivity index is 1.78. The van der Waals surface area contributed by atoms with Gasteiger partial charge in [-0.2, -0.15) is 10.2 Å². The second kappa shape index (κ2) is 9.67. The number of nitrogens with zero attached hydrogens (tertiary/aromatic N) is 3. The number of nitrogens with one attached hydrogen (secondary N) is 1. The van der Waals surface area contributed by atoms with Crippen LogP contribution in [0.5, 0.6) is 17.4 Å². The molecule has 1 N–H and O–H groups in total. The first-order valence-electron chi connectivity index (χ1n) is 10.0. The number of para-hydroxylation sites is 1. The van der Waals surface area contributed by atoms with Gasteiger partial charge in [-0.3, -0.25) is 14.0 Å². The average molecular weight is 456 g/mol. The van der Waals surface area contributed by atoms with Gasteiger partial charge < -0.3 is 14.8 Å². The molecule has 0 spiro atoms. The van der Waals surface area contributed by atoms with E-state index in [9.17, 15) is 19.2 Å². The van der Waals surface area contributed by atoms with Crippen molar-refractivity contribution in [2.75, 3.05) is 12.4 Å². The Kier molecular flexibility index (Phi) is 6.32. The lowest BCUT2D eigenvalue weighted by Gasteiger charge is -2.11. The Morgan fingerprint density at radius 2 is 1.85 bits per heavy atom. The van der Waals surface area contributed by atoms with Gasteiger partial charge in [0, 0.05) is 11.9 Å². The maximum atomic E-state index is 14.2. The van der Waals surface area contributed by atoms with E-state index in [2.05, 4.69) is 10.3 Å². The van der Waals surface area contributed by atoms with Crippen molar-refractivity contribution < 1.29 is 18.7 Å². The van der Waals surface area contributed by atoms with Gasteiger partial charge in [0.25, 0.3) is 11.5 Å². The molecule has 0 atom stereocenters. The Morgan fingerprint density at radius 3 is 2.56 bits per heavy atom. The number of nitriles is 1. The normalized spacial score (nSPS) is 11.0. The molecular formula is C25H17FN4O4. The number of ether oxygens (including phenoxy) is 2. The van der Waals surface area contributed by atoms with Crippen molar-refractivity contribution in [2.24, 2.45) is 0 Å². The maximum Gasteiger partial charge on any atom is 0.269 e. The lowest BCUT2D eigenvalue weighted by atomic mass is 10.1. The fourth-order valence-corrected chi connectivity index (χ4v) is 3.08. The van der Waals surface area contributed by atoms with E-state index in [1.54, 1.807) is 54.6 Å². The molecule has 0 saturated heterocycles. The van der Waals surface area contributed by atoms with Crippen molar-refractivity contribution in [1.29, 1.82) is 5.26 Å². The maximum absolute atomic E-state index is 14.2. The van der Waals surface area contributed by atoms with Crippen molar-refractivity contribution in [2.45, 2.75) is 0 Å². The van der Waals surface area contributed by atoms with E-state index in [1.165, 1.54) is 35.9 Å². The first kappa shape index (κ1) is 22.2. The Labute approximate surface area is 193 Å². The van der Waals surface area contributed by atoms with Gasteiger partial charge in [-0.15, -0.1) is 0 Å². The summed E-state index contributed by atoms with van der Waals surface area (Å²) in [6.07, 6.45) is 2.56. The van der Waals surface area contributed by atoms with E-state index in [1.807, 2.05) is 0 Å². The Bertz CT molecular complexity index is 1500. The summed E-state index contributed by atoms with van der Waals surface area (Å²) in [4.78, 5) is 30.2. The largest absolute Gasteiger partial charge is 0.497 e. The number of methoxy groups -OCH3 is 1. The summed E-state index contributed by atoms with van der Waals surface area (Å²) >= 11 is 0. The van der Waals surface area contributed by atoms with E-state index in [-0.39, 0.29) is 28.4 Å². The molecule has 8 nitrogen and oxygen atoms in total. The highest BCUT2D eigenvalue weighted by molar-refractivity contribution is 6.09. The highest BCUT2D eigenvalue weighted by atomic mass is 19.1. The van der Waals surface area contributed by atoms with Gasteiger partial charge in [0.2, 0.25) is 5.88 Å². The monoisotopic (exact) mass is 456 g/mol. The molecule has 2 aromatic carbocycles. The lowest BCUT2D eigenvalue weighted by Crippen LogP contribution is -2.20. The minimum Gasteiger partial charge on any atom is -0.497 e. The summed E-state index contributed by atoms with van der Waals surface area (Å²) in [5.41, 5.74) is -0.486. The molecule has 34 heavy (non-hydrogen) atoms. The number of carbonyl (C=O) groups excluding carboxylic acids is 1. The molecule has 0 radical (unpaired) electrons. The van der Waals surface area contributed by atoms with Crippen LogP contribution in [0, 0.1) is 17.1 Å². The van der Waals surface area contributed by atoms with Crippen LogP contribution < -0.4 is 20.3 Å². The predicted octanol–water partition coefficient (Wildman–Crippen LogP) is 4.18. The molecule has 2 aromatic heterocycles. The Hall–Kier alpha value is -4.97. The summed E-state index contributed by atoms with van der Waals surface area (Å²) in [6, 6.07) is 18.8. The molecule has 2 heterocycles. The minimum absolute atomic E-state index is 0.162. The van der Waals surface area contributed by atoms with E-state index in [0.29, 0.717) is 11.4 Å². The second-order valence-corrected chi connectivity index (χ2v) is 6.95. The number of fused-ring (bicyclic) bond motifs is 1. The number of pyridine rings is 1. The predicted molar refractivity (Wildman–Crippen MR) is 123 cm³/mol. The quantitative estimate of drug-likeness (QED) is 0.345. The first-order valence-corrected chi connectivity index (χ1v) is 10.0. The van der Waals surface area contributed by atoms with Crippen LogP contribution in [-0.2, 0) is 4.79 Å². The molecule has 0 saturated carbocycles. The second-order valence-electron chi connectivity index (χ2n) is 6.95.